The Hall–Kier alpha value is -2.29. The standard InChI is InChI=1S/C29H34F3N3O.2ClH/c30-24-7-3-22(4-8-24)29(23-5-9-25(31)10-6-23)2-1-15-34-16-18-35(19-17-34)21-28(36)20-33-27-13-11-26(32)12-14-27;;/h3-14,28-29,33,36H,1-2,15-21H2;2*1H. The van der Waals surface area contributed by atoms with E-state index in [1.54, 1.807) is 12.1 Å². The fourth-order valence-corrected chi connectivity index (χ4v) is 4.80. The Balaban J connectivity index is 0.00000253. The fourth-order valence-electron chi connectivity index (χ4n) is 4.80. The summed E-state index contributed by atoms with van der Waals surface area (Å²) in [4.78, 5) is 4.71. The lowest BCUT2D eigenvalue weighted by Crippen LogP contribution is -2.49. The van der Waals surface area contributed by atoms with E-state index in [9.17, 15) is 18.3 Å². The van der Waals surface area contributed by atoms with E-state index in [1.807, 2.05) is 24.3 Å². The van der Waals surface area contributed by atoms with Crippen molar-refractivity contribution < 1.29 is 18.3 Å². The van der Waals surface area contributed by atoms with Crippen LogP contribution in [0.15, 0.2) is 72.8 Å². The van der Waals surface area contributed by atoms with Crippen LogP contribution in [0.1, 0.15) is 29.9 Å². The van der Waals surface area contributed by atoms with Gasteiger partial charge in [0.2, 0.25) is 0 Å². The van der Waals surface area contributed by atoms with Gasteiger partial charge in [-0.15, -0.1) is 24.8 Å². The van der Waals surface area contributed by atoms with Crippen molar-refractivity contribution in [3.05, 3.63) is 101 Å². The van der Waals surface area contributed by atoms with Crippen molar-refractivity contribution in [2.45, 2.75) is 24.9 Å². The molecule has 208 valence electrons. The second-order valence-electron chi connectivity index (χ2n) is 9.48. The van der Waals surface area contributed by atoms with Crippen LogP contribution in [-0.2, 0) is 0 Å². The molecular weight excluding hydrogens is 534 g/mol. The molecule has 1 unspecified atom stereocenters. The molecule has 1 aliphatic heterocycles. The molecular formula is C29H36Cl2F3N3O. The predicted molar refractivity (Wildman–Crippen MR) is 152 cm³/mol. The van der Waals surface area contributed by atoms with Gasteiger partial charge in [0.25, 0.3) is 0 Å². The van der Waals surface area contributed by atoms with Gasteiger partial charge >= 0.3 is 0 Å². The van der Waals surface area contributed by atoms with Crippen LogP contribution < -0.4 is 5.32 Å². The first-order chi connectivity index (χ1) is 17.5. The van der Waals surface area contributed by atoms with Crippen LogP contribution in [0, 0.1) is 17.5 Å². The third kappa shape index (κ3) is 9.79. The van der Waals surface area contributed by atoms with E-state index in [4.69, 9.17) is 0 Å². The van der Waals surface area contributed by atoms with Gasteiger partial charge in [0.15, 0.2) is 0 Å². The summed E-state index contributed by atoms with van der Waals surface area (Å²) in [5, 5.41) is 13.5. The minimum Gasteiger partial charge on any atom is -0.390 e. The van der Waals surface area contributed by atoms with Gasteiger partial charge in [0.05, 0.1) is 6.10 Å². The molecule has 0 amide bonds. The number of halogens is 5. The molecule has 0 bridgehead atoms. The zero-order valence-corrected chi connectivity index (χ0v) is 22.9. The van der Waals surface area contributed by atoms with Gasteiger partial charge in [-0.25, -0.2) is 13.2 Å². The highest BCUT2D eigenvalue weighted by Crippen LogP contribution is 2.30. The van der Waals surface area contributed by atoms with Crippen molar-refractivity contribution in [3.63, 3.8) is 0 Å². The van der Waals surface area contributed by atoms with E-state index in [2.05, 4.69) is 15.1 Å². The molecule has 1 aliphatic rings. The van der Waals surface area contributed by atoms with Crippen molar-refractivity contribution in [2.24, 2.45) is 0 Å². The van der Waals surface area contributed by atoms with Crippen LogP contribution in [0.2, 0.25) is 0 Å². The molecule has 38 heavy (non-hydrogen) atoms. The zero-order chi connectivity index (χ0) is 25.3. The molecule has 9 heteroatoms. The minimum atomic E-state index is -0.506. The van der Waals surface area contributed by atoms with Crippen LogP contribution in [0.4, 0.5) is 18.9 Å². The number of nitrogens with one attached hydrogen (secondary N) is 1. The maximum Gasteiger partial charge on any atom is 0.123 e. The molecule has 1 heterocycles. The number of benzene rings is 3. The number of aliphatic hydroxyl groups excluding tert-OH is 1. The van der Waals surface area contributed by atoms with Crippen LogP contribution in [-0.4, -0.2) is 66.8 Å². The van der Waals surface area contributed by atoms with Gasteiger partial charge in [-0.2, -0.15) is 0 Å². The second kappa shape index (κ2) is 16.0. The monoisotopic (exact) mass is 569 g/mol. The van der Waals surface area contributed by atoms with Crippen LogP contribution >= 0.6 is 24.8 Å². The van der Waals surface area contributed by atoms with E-state index >= 15 is 0 Å². The van der Waals surface area contributed by atoms with Crippen LogP contribution in [0.25, 0.3) is 0 Å². The molecule has 1 fully saturated rings. The maximum absolute atomic E-state index is 13.5. The summed E-state index contributed by atoms with van der Waals surface area (Å²) in [6.07, 6.45) is 1.36. The molecule has 0 saturated carbocycles. The van der Waals surface area contributed by atoms with Gasteiger partial charge in [0.1, 0.15) is 17.5 Å². The van der Waals surface area contributed by atoms with E-state index in [1.165, 1.54) is 36.4 Å². The molecule has 0 radical (unpaired) electrons. The SMILES string of the molecule is Cl.Cl.OC(CNc1ccc(F)cc1)CN1CCN(CCCC(c2ccc(F)cc2)c2ccc(F)cc2)CC1. The molecule has 3 aromatic rings. The number of hydrogen-bond donors (Lipinski definition) is 2. The first-order valence-corrected chi connectivity index (χ1v) is 12.6. The molecule has 1 saturated heterocycles. The summed E-state index contributed by atoms with van der Waals surface area (Å²) in [5.74, 6) is -0.701. The van der Waals surface area contributed by atoms with E-state index in [0.29, 0.717) is 13.1 Å². The minimum absolute atomic E-state index is 0. The highest BCUT2D eigenvalue weighted by atomic mass is 35.5. The first kappa shape index (κ1) is 31.9. The number of nitrogens with zero attached hydrogens (tertiary/aromatic N) is 2. The van der Waals surface area contributed by atoms with Gasteiger partial charge < -0.3 is 15.3 Å². The number of piperazine rings is 1. The molecule has 2 N–H and O–H groups in total. The zero-order valence-electron chi connectivity index (χ0n) is 21.2. The molecule has 4 nitrogen and oxygen atoms in total. The van der Waals surface area contributed by atoms with Crippen LogP contribution in [0.5, 0.6) is 0 Å². The van der Waals surface area contributed by atoms with E-state index in [-0.39, 0.29) is 48.2 Å². The average Bonchev–Trinajstić information content (AvgIpc) is 2.89. The Morgan fingerprint density at radius 3 is 1.63 bits per heavy atom. The summed E-state index contributed by atoms with van der Waals surface area (Å²) < 4.78 is 39.9. The lowest BCUT2D eigenvalue weighted by atomic mass is 9.87. The van der Waals surface area contributed by atoms with Crippen molar-refractivity contribution in [2.75, 3.05) is 51.1 Å². The number of anilines is 1. The lowest BCUT2D eigenvalue weighted by molar-refractivity contribution is 0.0776. The maximum atomic E-state index is 13.5. The largest absolute Gasteiger partial charge is 0.390 e. The lowest BCUT2D eigenvalue weighted by Gasteiger charge is -2.36. The Morgan fingerprint density at radius 2 is 1.13 bits per heavy atom. The van der Waals surface area contributed by atoms with Crippen molar-refractivity contribution in [1.29, 1.82) is 0 Å². The Kier molecular flexibility index (Phi) is 13.4. The van der Waals surface area contributed by atoms with Crippen LogP contribution in [0.3, 0.4) is 0 Å². The van der Waals surface area contributed by atoms with E-state index < -0.39 is 6.10 Å². The van der Waals surface area contributed by atoms with Crippen molar-refractivity contribution in [3.8, 4) is 0 Å². The van der Waals surface area contributed by atoms with Gasteiger partial charge in [0, 0.05) is 50.9 Å². The third-order valence-corrected chi connectivity index (χ3v) is 6.83. The topological polar surface area (TPSA) is 38.7 Å². The number of hydrogen-bond acceptors (Lipinski definition) is 4. The van der Waals surface area contributed by atoms with E-state index in [0.717, 1.165) is 62.4 Å². The Labute approximate surface area is 235 Å². The van der Waals surface area contributed by atoms with Gasteiger partial charge in [-0.3, -0.25) is 4.90 Å². The second-order valence-corrected chi connectivity index (χ2v) is 9.48. The number of β-amino-alcohol motifs (C(OH)–C–C–N with tert-alkyl or cyclic N) is 1. The van der Waals surface area contributed by atoms with Gasteiger partial charge in [-0.1, -0.05) is 24.3 Å². The van der Waals surface area contributed by atoms with Crippen molar-refractivity contribution in [1.82, 2.24) is 9.80 Å². The molecule has 3 aromatic carbocycles. The summed E-state index contributed by atoms with van der Waals surface area (Å²) in [6.45, 7) is 5.65. The Morgan fingerprint density at radius 1 is 0.684 bits per heavy atom. The molecule has 1 atom stereocenters. The summed E-state index contributed by atoms with van der Waals surface area (Å²) in [5.41, 5.74) is 2.87. The quantitative estimate of drug-likeness (QED) is 0.299. The molecule has 0 spiro atoms. The predicted octanol–water partition coefficient (Wildman–Crippen LogP) is 5.95. The summed E-state index contributed by atoms with van der Waals surface area (Å²) in [7, 11) is 0. The first-order valence-electron chi connectivity index (χ1n) is 12.6. The fraction of sp³-hybridized carbons (Fsp3) is 0.379. The number of aliphatic hydroxyl groups is 1. The van der Waals surface area contributed by atoms with Gasteiger partial charge in [-0.05, 0) is 79.0 Å². The molecule has 0 aromatic heterocycles. The van der Waals surface area contributed by atoms with Crippen molar-refractivity contribution >= 4 is 30.5 Å². The molecule has 0 aliphatic carbocycles. The number of rotatable bonds is 11. The Bertz CT molecular complexity index is 1020. The normalized spacial score (nSPS) is 15.0. The molecule has 4 rings (SSSR count). The smallest absolute Gasteiger partial charge is 0.123 e. The third-order valence-electron chi connectivity index (χ3n) is 6.83. The summed E-state index contributed by atoms with van der Waals surface area (Å²) >= 11 is 0. The highest BCUT2D eigenvalue weighted by Gasteiger charge is 2.20. The highest BCUT2D eigenvalue weighted by molar-refractivity contribution is 5.85. The summed E-state index contributed by atoms with van der Waals surface area (Å²) in [6, 6.07) is 19.3. The average molecular weight is 571 g/mol.